The van der Waals surface area contributed by atoms with Crippen LogP contribution in [0.1, 0.15) is 10.4 Å². The van der Waals surface area contributed by atoms with Gasteiger partial charge in [-0.25, -0.2) is 0 Å². The number of amides is 1. The molecule has 1 amide bonds. The molecule has 3 rings (SSSR count). The molecule has 0 heterocycles. The van der Waals surface area contributed by atoms with Crippen molar-refractivity contribution in [2.45, 2.75) is 0 Å². The lowest BCUT2D eigenvalue weighted by Gasteiger charge is -2.14. The zero-order chi connectivity index (χ0) is 22.1. The molecule has 6 nitrogen and oxygen atoms in total. The molecule has 0 atom stereocenters. The highest BCUT2D eigenvalue weighted by Gasteiger charge is 2.14. The van der Waals surface area contributed by atoms with Gasteiger partial charge in [0, 0.05) is 5.69 Å². The van der Waals surface area contributed by atoms with Gasteiger partial charge in [0.1, 0.15) is 30.5 Å². The molecular weight excluding hydrogens is 436 g/mol. The minimum absolute atomic E-state index is 0.133. The summed E-state index contributed by atoms with van der Waals surface area (Å²) in [6, 6.07) is 21.5. The van der Waals surface area contributed by atoms with Crippen LogP contribution in [0, 0.1) is 0 Å². The van der Waals surface area contributed by atoms with Crippen LogP contribution in [-0.4, -0.2) is 31.3 Å². The summed E-state index contributed by atoms with van der Waals surface area (Å²) < 4.78 is 16.5. The lowest BCUT2D eigenvalue weighted by atomic mass is 10.2. The summed E-state index contributed by atoms with van der Waals surface area (Å²) in [7, 11) is 1.53. The van der Waals surface area contributed by atoms with E-state index in [9.17, 15) is 4.79 Å². The first-order valence-electron chi connectivity index (χ1n) is 9.42. The summed E-state index contributed by atoms with van der Waals surface area (Å²) in [5, 5.41) is 6.13. The van der Waals surface area contributed by atoms with Crippen molar-refractivity contribution in [3.8, 4) is 17.2 Å². The second-order valence-electron chi connectivity index (χ2n) is 6.26. The quantitative estimate of drug-likeness (QED) is 0.370. The molecule has 0 saturated heterocycles. The number of rotatable bonds is 8. The summed E-state index contributed by atoms with van der Waals surface area (Å²) >= 11 is 11.4. The van der Waals surface area contributed by atoms with E-state index in [4.69, 9.17) is 38.0 Å². The van der Waals surface area contributed by atoms with Crippen molar-refractivity contribution in [1.29, 1.82) is 0 Å². The van der Waals surface area contributed by atoms with E-state index in [-0.39, 0.29) is 11.7 Å². The molecule has 0 aliphatic rings. The van der Waals surface area contributed by atoms with Crippen LogP contribution in [0.25, 0.3) is 0 Å². The molecule has 0 spiro atoms. The number of carbonyl (C=O) groups excluding carboxylic acids is 1. The highest BCUT2D eigenvalue weighted by molar-refractivity contribution is 7.80. The normalized spacial score (nSPS) is 10.1. The molecule has 3 aromatic rings. The molecule has 2 N–H and O–H groups in total. The Hall–Kier alpha value is -3.29. The Balaban J connectivity index is 1.55. The number of methoxy groups -OCH3 is 1. The maximum Gasteiger partial charge on any atom is 0.261 e. The summed E-state index contributed by atoms with van der Waals surface area (Å²) in [5.41, 5.74) is 0.984. The third kappa shape index (κ3) is 6.60. The third-order valence-electron chi connectivity index (χ3n) is 4.12. The van der Waals surface area contributed by atoms with Crippen LogP contribution in [0.2, 0.25) is 5.02 Å². The van der Waals surface area contributed by atoms with Crippen molar-refractivity contribution in [3.05, 3.63) is 83.4 Å². The molecule has 160 valence electrons. The van der Waals surface area contributed by atoms with Gasteiger partial charge in [0.25, 0.3) is 5.91 Å². The molecular formula is C23H21ClN2O4S. The minimum Gasteiger partial charge on any atom is -0.495 e. The number of hydrogen-bond acceptors (Lipinski definition) is 5. The number of thiocarbonyl (C=S) groups is 1. The van der Waals surface area contributed by atoms with Gasteiger partial charge >= 0.3 is 0 Å². The largest absolute Gasteiger partial charge is 0.495 e. The summed E-state index contributed by atoms with van der Waals surface area (Å²) in [4.78, 5) is 12.7. The van der Waals surface area contributed by atoms with Crippen LogP contribution in [0.5, 0.6) is 17.2 Å². The van der Waals surface area contributed by atoms with E-state index >= 15 is 0 Å². The fourth-order valence-corrected chi connectivity index (χ4v) is 3.15. The van der Waals surface area contributed by atoms with Crippen molar-refractivity contribution >= 4 is 40.5 Å². The van der Waals surface area contributed by atoms with Gasteiger partial charge in [-0.3, -0.25) is 10.1 Å². The Labute approximate surface area is 191 Å². The Morgan fingerprint density at radius 2 is 1.65 bits per heavy atom. The summed E-state index contributed by atoms with van der Waals surface area (Å²) in [5.74, 6) is 1.35. The van der Waals surface area contributed by atoms with E-state index in [2.05, 4.69) is 10.6 Å². The van der Waals surface area contributed by atoms with Gasteiger partial charge in [-0.1, -0.05) is 41.9 Å². The van der Waals surface area contributed by atoms with Crippen LogP contribution in [-0.2, 0) is 0 Å². The Kier molecular flexibility index (Phi) is 8.09. The molecule has 0 radical (unpaired) electrons. The number of nitrogens with one attached hydrogen (secondary N) is 2. The maximum absolute atomic E-state index is 12.7. The maximum atomic E-state index is 12.7. The first-order valence-corrected chi connectivity index (χ1v) is 10.2. The van der Waals surface area contributed by atoms with Gasteiger partial charge in [0.05, 0.1) is 17.7 Å². The fraction of sp³-hybridized carbons (Fsp3) is 0.130. The van der Waals surface area contributed by atoms with E-state index in [1.54, 1.807) is 42.5 Å². The topological polar surface area (TPSA) is 68.8 Å². The standard InChI is InChI=1S/C23H21ClN2O4S/c1-28-21-12-11-16(15-19(21)24)25-23(31)26-22(27)18-9-5-6-10-20(18)30-14-13-29-17-7-3-2-4-8-17/h2-12,15H,13-14H2,1H3,(H2,25,26,27,31). The second kappa shape index (κ2) is 11.2. The molecule has 0 aliphatic carbocycles. The molecule has 3 aromatic carbocycles. The molecule has 0 unspecified atom stereocenters. The van der Waals surface area contributed by atoms with E-state index in [1.165, 1.54) is 7.11 Å². The number of para-hydroxylation sites is 2. The number of anilines is 1. The lowest BCUT2D eigenvalue weighted by Crippen LogP contribution is -2.34. The zero-order valence-electron chi connectivity index (χ0n) is 16.8. The summed E-state index contributed by atoms with van der Waals surface area (Å²) in [6.07, 6.45) is 0. The number of carbonyl (C=O) groups is 1. The van der Waals surface area contributed by atoms with E-state index in [0.717, 1.165) is 5.75 Å². The predicted molar refractivity (Wildman–Crippen MR) is 126 cm³/mol. The van der Waals surface area contributed by atoms with Gasteiger partial charge < -0.3 is 19.5 Å². The van der Waals surface area contributed by atoms with E-state index < -0.39 is 5.91 Å². The highest BCUT2D eigenvalue weighted by Crippen LogP contribution is 2.27. The van der Waals surface area contributed by atoms with Crippen LogP contribution < -0.4 is 24.8 Å². The van der Waals surface area contributed by atoms with Crippen molar-refractivity contribution in [2.24, 2.45) is 0 Å². The second-order valence-corrected chi connectivity index (χ2v) is 7.08. The number of hydrogen-bond donors (Lipinski definition) is 2. The van der Waals surface area contributed by atoms with Crippen molar-refractivity contribution in [2.75, 3.05) is 25.6 Å². The fourth-order valence-electron chi connectivity index (χ4n) is 2.68. The first kappa shape index (κ1) is 22.4. The number of ether oxygens (including phenoxy) is 3. The molecule has 0 bridgehead atoms. The smallest absolute Gasteiger partial charge is 0.261 e. The average Bonchev–Trinajstić information content (AvgIpc) is 2.78. The monoisotopic (exact) mass is 456 g/mol. The zero-order valence-corrected chi connectivity index (χ0v) is 18.3. The van der Waals surface area contributed by atoms with E-state index in [0.29, 0.717) is 34.4 Å². The molecule has 0 aromatic heterocycles. The first-order chi connectivity index (χ1) is 15.1. The van der Waals surface area contributed by atoms with Gasteiger partial charge in [-0.2, -0.15) is 0 Å². The van der Waals surface area contributed by atoms with Gasteiger partial charge in [-0.05, 0) is 54.7 Å². The number of halogens is 1. The highest BCUT2D eigenvalue weighted by atomic mass is 35.5. The Morgan fingerprint density at radius 1 is 0.935 bits per heavy atom. The van der Waals surface area contributed by atoms with Crippen LogP contribution >= 0.6 is 23.8 Å². The molecule has 0 saturated carbocycles. The van der Waals surface area contributed by atoms with Gasteiger partial charge in [-0.15, -0.1) is 0 Å². The average molecular weight is 457 g/mol. The minimum atomic E-state index is -0.392. The van der Waals surface area contributed by atoms with Crippen molar-refractivity contribution in [1.82, 2.24) is 5.32 Å². The van der Waals surface area contributed by atoms with Crippen LogP contribution in [0.3, 0.4) is 0 Å². The molecule has 0 aliphatic heterocycles. The van der Waals surface area contributed by atoms with Gasteiger partial charge in [0.15, 0.2) is 5.11 Å². The van der Waals surface area contributed by atoms with Crippen molar-refractivity contribution in [3.63, 3.8) is 0 Å². The molecule has 8 heteroatoms. The van der Waals surface area contributed by atoms with E-state index in [1.807, 2.05) is 30.3 Å². The van der Waals surface area contributed by atoms with Gasteiger partial charge in [0.2, 0.25) is 0 Å². The van der Waals surface area contributed by atoms with Crippen molar-refractivity contribution < 1.29 is 19.0 Å². The Morgan fingerprint density at radius 3 is 2.39 bits per heavy atom. The predicted octanol–water partition coefficient (Wildman–Crippen LogP) is 4.93. The lowest BCUT2D eigenvalue weighted by molar-refractivity contribution is 0.0972. The van der Waals surface area contributed by atoms with Crippen LogP contribution in [0.4, 0.5) is 5.69 Å². The molecule has 0 fully saturated rings. The van der Waals surface area contributed by atoms with Crippen LogP contribution in [0.15, 0.2) is 72.8 Å². The number of benzene rings is 3. The summed E-state index contributed by atoms with van der Waals surface area (Å²) in [6.45, 7) is 0.629. The molecule has 31 heavy (non-hydrogen) atoms. The SMILES string of the molecule is COc1ccc(NC(=S)NC(=O)c2ccccc2OCCOc2ccccc2)cc1Cl. The third-order valence-corrected chi connectivity index (χ3v) is 4.62. The Bertz CT molecular complexity index is 1050.